The van der Waals surface area contributed by atoms with E-state index in [9.17, 15) is 9.59 Å². The second-order valence-electron chi connectivity index (χ2n) is 5.65. The van der Waals surface area contributed by atoms with Gasteiger partial charge in [0.25, 0.3) is 0 Å². The second-order valence-corrected chi connectivity index (χ2v) is 5.65. The zero-order valence-electron chi connectivity index (χ0n) is 13.2. The standard InChI is InChI=1S/C18H22O4/c1-4-14(11-13-8-6-5-7-9-13)17-16(18(20)21-3)12(2)10-15(19)22-17/h5-10,14,16-17H,4,11H2,1-3H3/t14-,16+,17+/m1/s1. The van der Waals surface area contributed by atoms with E-state index >= 15 is 0 Å². The lowest BCUT2D eigenvalue weighted by Crippen LogP contribution is -2.42. The Balaban J connectivity index is 2.26. The summed E-state index contributed by atoms with van der Waals surface area (Å²) in [5.41, 5.74) is 1.88. The molecule has 0 bridgehead atoms. The van der Waals surface area contributed by atoms with Crippen molar-refractivity contribution in [2.24, 2.45) is 11.8 Å². The molecule has 118 valence electrons. The Hall–Kier alpha value is -2.10. The lowest BCUT2D eigenvalue weighted by molar-refractivity contribution is -0.161. The van der Waals surface area contributed by atoms with Crippen molar-refractivity contribution in [3.05, 3.63) is 47.5 Å². The molecule has 2 rings (SSSR count). The van der Waals surface area contributed by atoms with E-state index in [1.807, 2.05) is 37.3 Å². The molecule has 1 aromatic carbocycles. The Morgan fingerprint density at radius 2 is 2.00 bits per heavy atom. The van der Waals surface area contributed by atoms with Crippen LogP contribution in [-0.2, 0) is 25.5 Å². The van der Waals surface area contributed by atoms with Crippen LogP contribution < -0.4 is 0 Å². The number of ether oxygens (including phenoxy) is 2. The van der Waals surface area contributed by atoms with Gasteiger partial charge in [-0.15, -0.1) is 0 Å². The fourth-order valence-electron chi connectivity index (χ4n) is 3.00. The Bertz CT molecular complexity index is 562. The van der Waals surface area contributed by atoms with E-state index in [-0.39, 0.29) is 17.9 Å². The van der Waals surface area contributed by atoms with E-state index in [1.54, 1.807) is 6.92 Å². The van der Waals surface area contributed by atoms with E-state index in [0.29, 0.717) is 5.57 Å². The molecule has 4 nitrogen and oxygen atoms in total. The summed E-state index contributed by atoms with van der Waals surface area (Å²) in [4.78, 5) is 23.9. The fraction of sp³-hybridized carbons (Fsp3) is 0.444. The minimum Gasteiger partial charge on any atom is -0.468 e. The van der Waals surface area contributed by atoms with Gasteiger partial charge in [0.2, 0.25) is 0 Å². The number of esters is 2. The molecule has 0 aromatic heterocycles. The maximum absolute atomic E-state index is 12.1. The van der Waals surface area contributed by atoms with Crippen molar-refractivity contribution in [2.45, 2.75) is 32.8 Å². The van der Waals surface area contributed by atoms with Crippen LogP contribution in [0.3, 0.4) is 0 Å². The fourth-order valence-corrected chi connectivity index (χ4v) is 3.00. The van der Waals surface area contributed by atoms with Crippen molar-refractivity contribution in [1.82, 2.24) is 0 Å². The van der Waals surface area contributed by atoms with Crippen molar-refractivity contribution in [1.29, 1.82) is 0 Å². The summed E-state index contributed by atoms with van der Waals surface area (Å²) in [6.45, 7) is 3.83. The number of benzene rings is 1. The van der Waals surface area contributed by atoms with Gasteiger partial charge in [-0.25, -0.2) is 4.79 Å². The Kier molecular flexibility index (Phi) is 5.36. The van der Waals surface area contributed by atoms with Gasteiger partial charge in [0, 0.05) is 12.0 Å². The third kappa shape index (κ3) is 3.56. The van der Waals surface area contributed by atoms with Crippen molar-refractivity contribution in [2.75, 3.05) is 7.11 Å². The summed E-state index contributed by atoms with van der Waals surface area (Å²) in [5, 5.41) is 0. The molecule has 1 aliphatic rings. The van der Waals surface area contributed by atoms with Gasteiger partial charge >= 0.3 is 11.9 Å². The molecule has 1 aliphatic heterocycles. The van der Waals surface area contributed by atoms with Crippen molar-refractivity contribution >= 4 is 11.9 Å². The third-order valence-corrected chi connectivity index (χ3v) is 4.20. The highest BCUT2D eigenvalue weighted by molar-refractivity contribution is 5.88. The molecule has 0 fully saturated rings. The molecule has 22 heavy (non-hydrogen) atoms. The van der Waals surface area contributed by atoms with Crippen LogP contribution in [0.1, 0.15) is 25.8 Å². The Morgan fingerprint density at radius 3 is 2.59 bits per heavy atom. The van der Waals surface area contributed by atoms with Gasteiger partial charge in [-0.1, -0.05) is 37.3 Å². The van der Waals surface area contributed by atoms with Gasteiger partial charge in [-0.05, 0) is 30.9 Å². The molecule has 0 radical (unpaired) electrons. The predicted molar refractivity (Wildman–Crippen MR) is 83.1 cm³/mol. The van der Waals surface area contributed by atoms with Crippen molar-refractivity contribution in [3.63, 3.8) is 0 Å². The van der Waals surface area contributed by atoms with Crippen LogP contribution in [-0.4, -0.2) is 25.2 Å². The summed E-state index contributed by atoms with van der Waals surface area (Å²) in [7, 11) is 1.36. The maximum Gasteiger partial charge on any atom is 0.331 e. The lowest BCUT2D eigenvalue weighted by atomic mass is 9.80. The molecule has 0 saturated heterocycles. The minimum absolute atomic E-state index is 0.0686. The second kappa shape index (κ2) is 7.25. The average Bonchev–Trinajstić information content (AvgIpc) is 2.52. The van der Waals surface area contributed by atoms with Gasteiger partial charge in [0.1, 0.15) is 12.0 Å². The van der Waals surface area contributed by atoms with Crippen LogP contribution in [0.2, 0.25) is 0 Å². The number of carbonyl (C=O) groups excluding carboxylic acids is 2. The molecule has 0 spiro atoms. The SMILES string of the molecule is CC[C@H](Cc1ccccc1)[C@@H]1OC(=O)C=C(C)[C@@H]1C(=O)OC. The van der Waals surface area contributed by atoms with E-state index in [4.69, 9.17) is 9.47 Å². The number of hydrogen-bond donors (Lipinski definition) is 0. The van der Waals surface area contributed by atoms with Crippen LogP contribution in [0, 0.1) is 11.8 Å². The molecule has 0 unspecified atom stereocenters. The first kappa shape index (κ1) is 16.3. The van der Waals surface area contributed by atoms with Crippen LogP contribution in [0.4, 0.5) is 0 Å². The summed E-state index contributed by atoms with van der Waals surface area (Å²) in [6.07, 6.45) is 2.48. The van der Waals surface area contributed by atoms with Gasteiger partial charge < -0.3 is 9.47 Å². The summed E-state index contributed by atoms with van der Waals surface area (Å²) in [6, 6.07) is 10.0. The van der Waals surface area contributed by atoms with Crippen molar-refractivity contribution in [3.8, 4) is 0 Å². The lowest BCUT2D eigenvalue weighted by Gasteiger charge is -2.34. The van der Waals surface area contributed by atoms with E-state index in [0.717, 1.165) is 12.8 Å². The molecule has 4 heteroatoms. The zero-order valence-corrected chi connectivity index (χ0v) is 13.2. The predicted octanol–water partition coefficient (Wildman–Crippen LogP) is 2.92. The van der Waals surface area contributed by atoms with E-state index < -0.39 is 12.0 Å². The van der Waals surface area contributed by atoms with Crippen LogP contribution in [0.25, 0.3) is 0 Å². The normalized spacial score (nSPS) is 22.5. The van der Waals surface area contributed by atoms with Crippen molar-refractivity contribution < 1.29 is 19.1 Å². The minimum atomic E-state index is -0.517. The summed E-state index contributed by atoms with van der Waals surface area (Å²) >= 11 is 0. The molecular weight excluding hydrogens is 280 g/mol. The maximum atomic E-state index is 12.1. The quantitative estimate of drug-likeness (QED) is 0.785. The Labute approximate surface area is 131 Å². The number of carbonyl (C=O) groups is 2. The topological polar surface area (TPSA) is 52.6 Å². The zero-order chi connectivity index (χ0) is 16.1. The van der Waals surface area contributed by atoms with Crippen LogP contribution in [0.5, 0.6) is 0 Å². The first-order valence-electron chi connectivity index (χ1n) is 7.57. The van der Waals surface area contributed by atoms with Crippen LogP contribution in [0.15, 0.2) is 42.0 Å². The number of methoxy groups -OCH3 is 1. The molecule has 0 amide bonds. The molecule has 1 aromatic rings. The molecule has 0 N–H and O–H groups in total. The highest BCUT2D eigenvalue weighted by atomic mass is 16.6. The molecule has 3 atom stereocenters. The summed E-state index contributed by atoms with van der Waals surface area (Å²) in [5.74, 6) is -1.18. The van der Waals surface area contributed by atoms with E-state index in [1.165, 1.54) is 18.7 Å². The largest absolute Gasteiger partial charge is 0.468 e. The Morgan fingerprint density at radius 1 is 1.32 bits per heavy atom. The monoisotopic (exact) mass is 302 g/mol. The molecule has 0 aliphatic carbocycles. The number of rotatable bonds is 5. The smallest absolute Gasteiger partial charge is 0.331 e. The highest BCUT2D eigenvalue weighted by Gasteiger charge is 2.41. The third-order valence-electron chi connectivity index (χ3n) is 4.20. The molecular formula is C18H22O4. The van der Waals surface area contributed by atoms with Gasteiger partial charge in [0.15, 0.2) is 0 Å². The van der Waals surface area contributed by atoms with Gasteiger partial charge in [-0.2, -0.15) is 0 Å². The molecule has 1 heterocycles. The first-order valence-corrected chi connectivity index (χ1v) is 7.57. The number of hydrogen-bond acceptors (Lipinski definition) is 4. The van der Waals surface area contributed by atoms with Gasteiger partial charge in [0.05, 0.1) is 7.11 Å². The van der Waals surface area contributed by atoms with E-state index in [2.05, 4.69) is 0 Å². The van der Waals surface area contributed by atoms with Crippen LogP contribution >= 0.6 is 0 Å². The molecule has 0 saturated carbocycles. The average molecular weight is 302 g/mol. The first-order chi connectivity index (χ1) is 10.6. The number of cyclic esters (lactones) is 1. The highest BCUT2D eigenvalue weighted by Crippen LogP contribution is 2.32. The van der Waals surface area contributed by atoms with Gasteiger partial charge in [-0.3, -0.25) is 4.79 Å². The summed E-state index contributed by atoms with van der Waals surface area (Å²) < 4.78 is 10.4.